The highest BCUT2D eigenvalue weighted by molar-refractivity contribution is 6.33. The van der Waals surface area contributed by atoms with Gasteiger partial charge < -0.3 is 20.4 Å². The van der Waals surface area contributed by atoms with E-state index in [1.54, 1.807) is 12.1 Å². The van der Waals surface area contributed by atoms with Crippen LogP contribution < -0.4 is 15.4 Å². The van der Waals surface area contributed by atoms with E-state index >= 15 is 0 Å². The van der Waals surface area contributed by atoms with Crippen molar-refractivity contribution in [1.29, 1.82) is 0 Å². The summed E-state index contributed by atoms with van der Waals surface area (Å²) in [4.78, 5) is 21.1. The Morgan fingerprint density at radius 1 is 1.19 bits per heavy atom. The fourth-order valence-electron chi connectivity index (χ4n) is 4.58. The molecule has 1 amide bonds. The van der Waals surface area contributed by atoms with Gasteiger partial charge >= 0.3 is 6.18 Å². The van der Waals surface area contributed by atoms with Crippen molar-refractivity contribution in [1.82, 2.24) is 15.3 Å². The number of nitrogens with zero attached hydrogens (tertiary/aromatic N) is 1. The second-order valence-corrected chi connectivity index (χ2v) is 10.1. The molecule has 6 nitrogen and oxygen atoms in total. The molecule has 0 spiro atoms. The molecule has 0 unspecified atom stereocenters. The smallest absolute Gasteiger partial charge is 0.416 e. The van der Waals surface area contributed by atoms with E-state index < -0.39 is 23.2 Å². The van der Waals surface area contributed by atoms with Crippen LogP contribution >= 0.6 is 11.6 Å². The topological polar surface area (TPSA) is 79.0 Å². The first kappa shape index (κ1) is 25.0. The molecule has 0 atom stereocenters. The molecule has 10 heteroatoms. The molecule has 3 aromatic carbocycles. The fraction of sp³-hybridized carbons (Fsp3) is 0.259. The minimum absolute atomic E-state index is 0.0244. The molecule has 1 aliphatic rings. The molecule has 4 aromatic rings. The molecule has 0 bridgehead atoms. The Kier molecular flexibility index (Phi) is 6.06. The van der Waals surface area contributed by atoms with Crippen molar-refractivity contribution < 1.29 is 22.7 Å². The number of benzene rings is 3. The molecule has 2 heterocycles. The molecule has 5 rings (SSSR count). The lowest BCUT2D eigenvalue weighted by molar-refractivity contribution is -0.138. The van der Waals surface area contributed by atoms with Gasteiger partial charge in [-0.3, -0.25) is 4.79 Å². The maximum Gasteiger partial charge on any atom is 0.416 e. The number of anilines is 2. The van der Waals surface area contributed by atoms with E-state index in [1.165, 1.54) is 18.2 Å². The van der Waals surface area contributed by atoms with Crippen LogP contribution in [0.1, 0.15) is 46.5 Å². The average molecular weight is 529 g/mol. The number of ether oxygens (including phenoxy) is 1. The molecule has 3 N–H and O–H groups in total. The largest absolute Gasteiger partial charge is 0.486 e. The zero-order valence-electron chi connectivity index (χ0n) is 20.3. The number of amides is 1. The van der Waals surface area contributed by atoms with E-state index in [9.17, 15) is 18.0 Å². The summed E-state index contributed by atoms with van der Waals surface area (Å²) in [7, 11) is 0. The number of hydrogen-bond donors (Lipinski definition) is 3. The third kappa shape index (κ3) is 4.83. The Balaban J connectivity index is 1.50. The number of nitrogens with one attached hydrogen (secondary N) is 3. The van der Waals surface area contributed by atoms with Crippen molar-refractivity contribution in [2.24, 2.45) is 0 Å². The van der Waals surface area contributed by atoms with Gasteiger partial charge in [0.2, 0.25) is 5.95 Å². The summed E-state index contributed by atoms with van der Waals surface area (Å²) in [6.07, 6.45) is -4.00. The molecule has 1 aromatic heterocycles. The number of para-hydroxylation sites is 1. The molecule has 0 radical (unpaired) electrons. The van der Waals surface area contributed by atoms with Gasteiger partial charge in [-0.2, -0.15) is 13.2 Å². The van der Waals surface area contributed by atoms with Gasteiger partial charge in [-0.15, -0.1) is 0 Å². The van der Waals surface area contributed by atoms with E-state index in [4.69, 9.17) is 16.3 Å². The lowest BCUT2D eigenvalue weighted by atomic mass is 9.98. The van der Waals surface area contributed by atoms with Gasteiger partial charge in [-0.25, -0.2) is 4.98 Å². The Morgan fingerprint density at radius 3 is 2.68 bits per heavy atom. The standard InChI is InChI=1S/C27H24ClF3N4O2/c1-14-7-6-10-19(28)21(14)34-25-33-20-11-16(23-17(22(20)35-25)12-26(2,3)37-23)24(36)32-13-15-8-4-5-9-18(15)27(29,30)31/h4-11H,12-13H2,1-3H3,(H,32,36)(H2,33,34,35). The van der Waals surface area contributed by atoms with Crippen LogP contribution in [0.3, 0.4) is 0 Å². The summed E-state index contributed by atoms with van der Waals surface area (Å²) >= 11 is 6.35. The fourth-order valence-corrected chi connectivity index (χ4v) is 4.85. The van der Waals surface area contributed by atoms with Crippen molar-refractivity contribution in [2.75, 3.05) is 5.32 Å². The summed E-state index contributed by atoms with van der Waals surface area (Å²) in [5, 5.41) is 6.37. The van der Waals surface area contributed by atoms with Gasteiger partial charge in [-0.05, 0) is 50.1 Å². The predicted molar refractivity (Wildman–Crippen MR) is 137 cm³/mol. The van der Waals surface area contributed by atoms with E-state index in [0.717, 1.165) is 17.2 Å². The van der Waals surface area contributed by atoms with Crippen molar-refractivity contribution >= 4 is 40.2 Å². The van der Waals surface area contributed by atoms with Crippen LogP contribution in [0.15, 0.2) is 48.5 Å². The molecule has 37 heavy (non-hydrogen) atoms. The van der Waals surface area contributed by atoms with Crippen molar-refractivity contribution in [3.63, 3.8) is 0 Å². The first-order chi connectivity index (χ1) is 17.4. The Bertz CT molecular complexity index is 1510. The summed E-state index contributed by atoms with van der Waals surface area (Å²) < 4.78 is 46.3. The van der Waals surface area contributed by atoms with E-state index in [1.807, 2.05) is 32.9 Å². The molecule has 0 fully saturated rings. The van der Waals surface area contributed by atoms with Crippen molar-refractivity contribution in [2.45, 2.75) is 45.5 Å². The number of aryl methyl sites for hydroxylation is 1. The number of alkyl halides is 3. The Morgan fingerprint density at radius 2 is 1.95 bits per heavy atom. The number of rotatable bonds is 5. The number of carbonyl (C=O) groups excluding carboxylic acids is 1. The van der Waals surface area contributed by atoms with E-state index in [-0.39, 0.29) is 17.7 Å². The highest BCUT2D eigenvalue weighted by Gasteiger charge is 2.37. The van der Waals surface area contributed by atoms with Crippen molar-refractivity contribution in [3.05, 3.63) is 81.4 Å². The molecule has 0 aliphatic carbocycles. The van der Waals surface area contributed by atoms with Crippen LogP contribution in [0, 0.1) is 6.92 Å². The van der Waals surface area contributed by atoms with Crippen LogP contribution in [0.2, 0.25) is 5.02 Å². The van der Waals surface area contributed by atoms with Gasteiger partial charge in [0.1, 0.15) is 11.4 Å². The first-order valence-electron chi connectivity index (χ1n) is 11.6. The van der Waals surface area contributed by atoms with E-state index in [0.29, 0.717) is 39.9 Å². The molecule has 0 saturated carbocycles. The van der Waals surface area contributed by atoms with Gasteiger partial charge in [0.05, 0.1) is 32.9 Å². The van der Waals surface area contributed by atoms with Crippen molar-refractivity contribution in [3.8, 4) is 5.75 Å². The monoisotopic (exact) mass is 528 g/mol. The van der Waals surface area contributed by atoms with E-state index in [2.05, 4.69) is 20.6 Å². The summed E-state index contributed by atoms with van der Waals surface area (Å²) in [5.74, 6) is 0.283. The minimum Gasteiger partial charge on any atom is -0.486 e. The van der Waals surface area contributed by atoms with Gasteiger partial charge in [-0.1, -0.05) is 41.9 Å². The van der Waals surface area contributed by atoms with Crippen LogP contribution in [0.4, 0.5) is 24.8 Å². The lowest BCUT2D eigenvalue weighted by Gasteiger charge is -2.18. The average Bonchev–Trinajstić information content (AvgIpc) is 3.38. The van der Waals surface area contributed by atoms with Gasteiger partial charge in [0.15, 0.2) is 0 Å². The molecular formula is C27H24ClF3N4O2. The normalized spacial score (nSPS) is 14.4. The maximum absolute atomic E-state index is 13.4. The van der Waals surface area contributed by atoms with Crippen LogP contribution in [-0.2, 0) is 19.1 Å². The highest BCUT2D eigenvalue weighted by Crippen LogP contribution is 2.42. The summed E-state index contributed by atoms with van der Waals surface area (Å²) in [6, 6.07) is 12.3. The number of H-pyrrole nitrogens is 1. The quantitative estimate of drug-likeness (QED) is 0.262. The van der Waals surface area contributed by atoms with Crippen LogP contribution in [-0.4, -0.2) is 21.5 Å². The third-order valence-electron chi connectivity index (χ3n) is 6.29. The number of aromatic amines is 1. The third-order valence-corrected chi connectivity index (χ3v) is 6.60. The molecule has 1 aliphatic heterocycles. The maximum atomic E-state index is 13.4. The number of carbonyl (C=O) groups is 1. The van der Waals surface area contributed by atoms with Gasteiger partial charge in [0.25, 0.3) is 5.91 Å². The number of hydrogen-bond acceptors (Lipinski definition) is 4. The lowest BCUT2D eigenvalue weighted by Crippen LogP contribution is -2.27. The zero-order chi connectivity index (χ0) is 26.5. The number of aromatic nitrogens is 2. The number of halogens is 4. The minimum atomic E-state index is -4.52. The Labute approximate surface area is 216 Å². The molecule has 192 valence electrons. The summed E-state index contributed by atoms with van der Waals surface area (Å²) in [5.41, 5.74) is 2.48. The zero-order valence-corrected chi connectivity index (χ0v) is 21.1. The molecule has 0 saturated heterocycles. The first-order valence-corrected chi connectivity index (χ1v) is 12.0. The van der Waals surface area contributed by atoms with Crippen LogP contribution in [0.5, 0.6) is 5.75 Å². The summed E-state index contributed by atoms with van der Waals surface area (Å²) in [6.45, 7) is 5.44. The predicted octanol–water partition coefficient (Wildman–Crippen LogP) is 6.93. The highest BCUT2D eigenvalue weighted by atomic mass is 35.5. The SMILES string of the molecule is Cc1cccc(Cl)c1Nc1nc2cc(C(=O)NCc3ccccc3C(F)(F)F)c3c(c2[nH]1)CC(C)(C)O3. The van der Waals surface area contributed by atoms with Crippen LogP contribution in [0.25, 0.3) is 11.0 Å². The molecular weight excluding hydrogens is 505 g/mol. The second kappa shape index (κ2) is 8.99. The Hall–Kier alpha value is -3.72. The number of fused-ring (bicyclic) bond motifs is 3. The van der Waals surface area contributed by atoms with Gasteiger partial charge in [0, 0.05) is 18.5 Å². The second-order valence-electron chi connectivity index (χ2n) is 9.64. The number of imidazole rings is 1.